The highest BCUT2D eigenvalue weighted by atomic mass is 79.9. The number of hydrogen-bond acceptors (Lipinski definition) is 3. The van der Waals surface area contributed by atoms with E-state index in [1.165, 1.54) is 10.4 Å². The van der Waals surface area contributed by atoms with Crippen molar-refractivity contribution in [3.05, 3.63) is 28.1 Å². The van der Waals surface area contributed by atoms with Crippen LogP contribution in [0.1, 0.15) is 5.56 Å². The predicted molar refractivity (Wildman–Crippen MR) is 52.3 cm³/mol. The third-order valence-electron chi connectivity index (χ3n) is 1.57. The highest BCUT2D eigenvalue weighted by Crippen LogP contribution is 2.28. The Bertz CT molecular complexity index is 393. The fraction of sp³-hybridized carbons (Fsp3) is 0.125. The van der Waals surface area contributed by atoms with E-state index in [0.29, 0.717) is 4.80 Å². The van der Waals surface area contributed by atoms with Gasteiger partial charge in [0.25, 0.3) is 4.80 Å². The van der Waals surface area contributed by atoms with E-state index < -0.39 is 0 Å². The Hall–Kier alpha value is -0.610. The van der Waals surface area contributed by atoms with Crippen LogP contribution in [0.3, 0.4) is 0 Å². The van der Waals surface area contributed by atoms with Crippen LogP contribution in [0.25, 0.3) is 10.6 Å². The van der Waals surface area contributed by atoms with Crippen molar-refractivity contribution in [2.45, 2.75) is 6.92 Å². The Morgan fingerprint density at radius 1 is 1.58 bits per heavy atom. The number of aromatic nitrogens is 1. The van der Waals surface area contributed by atoms with Crippen LogP contribution in [-0.2, 0) is 0 Å². The molecule has 0 bridgehead atoms. The first-order chi connectivity index (χ1) is 5.77. The maximum Gasteiger partial charge on any atom is 0.264 e. The molecule has 0 unspecified atom stereocenters. The Labute approximate surface area is 82.4 Å². The molecule has 0 saturated carbocycles. The third-order valence-corrected chi connectivity index (χ3v) is 2.97. The van der Waals surface area contributed by atoms with E-state index in [2.05, 4.69) is 33.9 Å². The molecule has 2 aromatic heterocycles. The maximum absolute atomic E-state index is 5.06. The van der Waals surface area contributed by atoms with E-state index in [1.54, 1.807) is 17.6 Å². The summed E-state index contributed by atoms with van der Waals surface area (Å²) in [5, 5.41) is 2.05. The molecule has 2 heterocycles. The van der Waals surface area contributed by atoms with E-state index >= 15 is 0 Å². The summed E-state index contributed by atoms with van der Waals surface area (Å²) < 4.78 is 5.06. The Kier molecular flexibility index (Phi) is 2.02. The van der Waals surface area contributed by atoms with Crippen LogP contribution in [0.15, 0.2) is 26.9 Å². The summed E-state index contributed by atoms with van der Waals surface area (Å²) in [4.78, 5) is 5.88. The molecule has 0 fully saturated rings. The van der Waals surface area contributed by atoms with Gasteiger partial charge in [0.2, 0.25) is 0 Å². The minimum Gasteiger partial charge on any atom is -0.439 e. The van der Waals surface area contributed by atoms with Crippen molar-refractivity contribution in [1.82, 2.24) is 4.98 Å². The maximum atomic E-state index is 5.06. The fourth-order valence-electron chi connectivity index (χ4n) is 0.991. The van der Waals surface area contributed by atoms with Crippen molar-refractivity contribution in [1.29, 1.82) is 0 Å². The van der Waals surface area contributed by atoms with Crippen LogP contribution in [-0.4, -0.2) is 4.98 Å². The number of aryl methyl sites for hydroxylation is 1. The second-order valence-corrected chi connectivity index (χ2v) is 4.01. The molecule has 0 aliphatic heterocycles. The molecule has 62 valence electrons. The van der Waals surface area contributed by atoms with Gasteiger partial charge in [-0.3, -0.25) is 0 Å². The van der Waals surface area contributed by atoms with E-state index in [-0.39, 0.29) is 0 Å². The summed E-state index contributed by atoms with van der Waals surface area (Å²) in [7, 11) is 0. The molecule has 0 aliphatic rings. The molecule has 4 heteroatoms. The molecular weight excluding hydrogens is 238 g/mol. The molecule has 2 rings (SSSR count). The van der Waals surface area contributed by atoms with Crippen LogP contribution in [0.4, 0.5) is 0 Å². The van der Waals surface area contributed by atoms with Gasteiger partial charge in [-0.1, -0.05) is 0 Å². The van der Waals surface area contributed by atoms with Crippen molar-refractivity contribution in [2.24, 2.45) is 0 Å². The molecule has 0 spiro atoms. The summed E-state index contributed by atoms with van der Waals surface area (Å²) in [5.74, 6) is 0. The summed E-state index contributed by atoms with van der Waals surface area (Å²) in [6.07, 6.45) is 1.66. The van der Waals surface area contributed by atoms with Gasteiger partial charge in [0.05, 0.1) is 4.88 Å². The van der Waals surface area contributed by atoms with Gasteiger partial charge in [0, 0.05) is 15.9 Å². The van der Waals surface area contributed by atoms with Gasteiger partial charge in [-0.2, -0.15) is 0 Å². The molecule has 0 atom stereocenters. The number of thiophene rings is 1. The number of rotatable bonds is 1. The van der Waals surface area contributed by atoms with Crippen molar-refractivity contribution in [3.63, 3.8) is 0 Å². The number of oxazole rings is 1. The largest absolute Gasteiger partial charge is 0.439 e. The molecule has 0 aliphatic carbocycles. The summed E-state index contributed by atoms with van der Waals surface area (Å²) >= 11 is 4.84. The van der Waals surface area contributed by atoms with Crippen LogP contribution in [0.2, 0.25) is 0 Å². The standard InChI is InChI=1S/C8H6BrNOS/c1-5-2-3-12-7(5)6-4-11-8(9)10-6/h2-4H,1H3. The van der Waals surface area contributed by atoms with Gasteiger partial charge in [-0.25, -0.2) is 4.98 Å². The lowest BCUT2D eigenvalue weighted by molar-refractivity contribution is 0.529. The Morgan fingerprint density at radius 2 is 2.42 bits per heavy atom. The summed E-state index contributed by atoms with van der Waals surface area (Å²) in [5.41, 5.74) is 2.13. The van der Waals surface area contributed by atoms with E-state index in [4.69, 9.17) is 4.42 Å². The summed E-state index contributed by atoms with van der Waals surface area (Å²) in [6, 6.07) is 2.07. The second kappa shape index (κ2) is 3.03. The van der Waals surface area contributed by atoms with Crippen LogP contribution >= 0.6 is 27.3 Å². The number of halogens is 1. The molecule has 0 radical (unpaired) electrons. The predicted octanol–water partition coefficient (Wildman–Crippen LogP) is 3.47. The van der Waals surface area contributed by atoms with Gasteiger partial charge < -0.3 is 4.42 Å². The highest BCUT2D eigenvalue weighted by molar-refractivity contribution is 9.10. The second-order valence-electron chi connectivity index (χ2n) is 2.42. The van der Waals surface area contributed by atoms with Crippen molar-refractivity contribution in [2.75, 3.05) is 0 Å². The minimum absolute atomic E-state index is 0.533. The highest BCUT2D eigenvalue weighted by Gasteiger charge is 2.07. The zero-order valence-corrected chi connectivity index (χ0v) is 8.78. The lowest BCUT2D eigenvalue weighted by Gasteiger charge is -1.89. The lowest BCUT2D eigenvalue weighted by atomic mass is 10.2. The lowest BCUT2D eigenvalue weighted by Crippen LogP contribution is -1.73. The zero-order chi connectivity index (χ0) is 8.55. The van der Waals surface area contributed by atoms with Crippen LogP contribution in [0, 0.1) is 6.92 Å². The van der Waals surface area contributed by atoms with Crippen molar-refractivity contribution < 1.29 is 4.42 Å². The van der Waals surface area contributed by atoms with E-state index in [0.717, 1.165) is 5.69 Å². The van der Waals surface area contributed by atoms with Gasteiger partial charge in [-0.05, 0) is 23.9 Å². The molecule has 2 aromatic rings. The number of hydrogen-bond donors (Lipinski definition) is 0. The third kappa shape index (κ3) is 1.32. The Morgan fingerprint density at radius 3 is 2.92 bits per heavy atom. The molecular formula is C8H6BrNOS. The monoisotopic (exact) mass is 243 g/mol. The molecule has 0 aromatic carbocycles. The smallest absolute Gasteiger partial charge is 0.264 e. The average Bonchev–Trinajstić information content (AvgIpc) is 2.58. The number of nitrogens with zero attached hydrogens (tertiary/aromatic N) is 1. The van der Waals surface area contributed by atoms with Gasteiger partial charge >= 0.3 is 0 Å². The first kappa shape index (κ1) is 8.01. The molecule has 12 heavy (non-hydrogen) atoms. The van der Waals surface area contributed by atoms with Crippen molar-refractivity contribution in [3.8, 4) is 10.6 Å². The quantitative estimate of drug-likeness (QED) is 0.767. The average molecular weight is 244 g/mol. The summed E-state index contributed by atoms with van der Waals surface area (Å²) in [6.45, 7) is 2.06. The van der Waals surface area contributed by atoms with E-state index in [9.17, 15) is 0 Å². The molecule has 2 nitrogen and oxygen atoms in total. The first-order valence-electron chi connectivity index (χ1n) is 3.43. The fourth-order valence-corrected chi connectivity index (χ4v) is 2.15. The molecule has 0 N–H and O–H groups in total. The minimum atomic E-state index is 0.533. The van der Waals surface area contributed by atoms with Crippen LogP contribution in [0.5, 0.6) is 0 Å². The Balaban J connectivity index is 2.50. The molecule has 0 amide bonds. The van der Waals surface area contributed by atoms with Crippen LogP contribution < -0.4 is 0 Å². The SMILES string of the molecule is Cc1ccsc1-c1coc(Br)n1. The topological polar surface area (TPSA) is 26.0 Å². The van der Waals surface area contributed by atoms with Gasteiger partial charge in [0.15, 0.2) is 0 Å². The first-order valence-corrected chi connectivity index (χ1v) is 5.10. The normalized spacial score (nSPS) is 10.5. The van der Waals surface area contributed by atoms with Gasteiger partial charge in [-0.15, -0.1) is 11.3 Å². The molecule has 0 saturated heterocycles. The zero-order valence-electron chi connectivity index (χ0n) is 6.37. The van der Waals surface area contributed by atoms with Crippen molar-refractivity contribution >= 4 is 27.3 Å². The van der Waals surface area contributed by atoms with E-state index in [1.807, 2.05) is 5.38 Å². The van der Waals surface area contributed by atoms with Gasteiger partial charge in [0.1, 0.15) is 12.0 Å².